The van der Waals surface area contributed by atoms with E-state index < -0.39 is 5.97 Å². The summed E-state index contributed by atoms with van der Waals surface area (Å²) in [5, 5.41) is 19.7. The van der Waals surface area contributed by atoms with E-state index in [0.29, 0.717) is 35.3 Å². The van der Waals surface area contributed by atoms with Crippen molar-refractivity contribution in [1.29, 1.82) is 0 Å². The zero-order valence-electron chi connectivity index (χ0n) is 22.5. The largest absolute Gasteiger partial charge is 0.507 e. The number of hydrogen-bond acceptors (Lipinski definition) is 4. The molecule has 0 aliphatic rings. The summed E-state index contributed by atoms with van der Waals surface area (Å²) in [5.41, 5.74) is 5.68. The van der Waals surface area contributed by atoms with Crippen LogP contribution in [0, 0.1) is 13.8 Å². The molecule has 0 fully saturated rings. The van der Waals surface area contributed by atoms with Crippen LogP contribution in [0.5, 0.6) is 11.5 Å². The van der Waals surface area contributed by atoms with Gasteiger partial charge in [0.15, 0.2) is 0 Å². The van der Waals surface area contributed by atoms with Crippen LogP contribution in [0.1, 0.15) is 49.4 Å². The molecule has 6 nitrogen and oxygen atoms in total. The number of aryl methyl sites for hydroxylation is 3. The Hall–Kier alpha value is -4.58. The predicted octanol–water partition coefficient (Wildman–Crippen LogP) is 6.66. The molecule has 6 heteroatoms. The zero-order valence-corrected chi connectivity index (χ0v) is 22.5. The van der Waals surface area contributed by atoms with E-state index in [9.17, 15) is 19.8 Å². The topological polar surface area (TPSA) is 87.1 Å². The van der Waals surface area contributed by atoms with Crippen LogP contribution in [-0.4, -0.2) is 40.6 Å². The number of nitrogens with zero attached hydrogens (tertiary/aromatic N) is 1. The first kappa shape index (κ1) is 27.5. The maximum atomic E-state index is 13.7. The maximum Gasteiger partial charge on any atom is 0.336 e. The van der Waals surface area contributed by atoms with Crippen molar-refractivity contribution in [2.75, 3.05) is 13.7 Å². The number of carbonyl (C=O) groups excluding carboxylic acids is 1. The average Bonchev–Trinajstić information content (AvgIpc) is 2.95. The van der Waals surface area contributed by atoms with E-state index >= 15 is 0 Å². The molecule has 0 spiro atoms. The van der Waals surface area contributed by atoms with E-state index in [-0.39, 0.29) is 17.2 Å². The predicted molar refractivity (Wildman–Crippen MR) is 152 cm³/mol. The molecule has 39 heavy (non-hydrogen) atoms. The van der Waals surface area contributed by atoms with Crippen molar-refractivity contribution >= 4 is 11.9 Å². The monoisotopic (exact) mass is 523 g/mol. The van der Waals surface area contributed by atoms with Crippen molar-refractivity contribution in [3.63, 3.8) is 0 Å². The van der Waals surface area contributed by atoms with Crippen LogP contribution in [0.25, 0.3) is 11.1 Å². The second-order valence-corrected chi connectivity index (χ2v) is 9.68. The van der Waals surface area contributed by atoms with Gasteiger partial charge in [-0.15, -0.1) is 0 Å². The van der Waals surface area contributed by atoms with Crippen molar-refractivity contribution in [2.24, 2.45) is 0 Å². The van der Waals surface area contributed by atoms with Crippen LogP contribution in [0.4, 0.5) is 0 Å². The van der Waals surface area contributed by atoms with Crippen LogP contribution in [0.3, 0.4) is 0 Å². The molecule has 4 aromatic rings. The fourth-order valence-electron chi connectivity index (χ4n) is 4.71. The fourth-order valence-corrected chi connectivity index (χ4v) is 4.71. The highest BCUT2D eigenvalue weighted by Gasteiger charge is 2.19. The lowest BCUT2D eigenvalue weighted by molar-refractivity contribution is 0.0696. The first-order valence-corrected chi connectivity index (χ1v) is 12.9. The highest BCUT2D eigenvalue weighted by Crippen LogP contribution is 2.26. The van der Waals surface area contributed by atoms with Gasteiger partial charge in [-0.25, -0.2) is 4.79 Å². The lowest BCUT2D eigenvalue weighted by atomic mass is 9.98. The number of aromatic carboxylic acids is 1. The van der Waals surface area contributed by atoms with Crippen molar-refractivity contribution in [3.05, 3.63) is 118 Å². The van der Waals surface area contributed by atoms with Crippen LogP contribution in [0.15, 0.2) is 84.9 Å². The first-order chi connectivity index (χ1) is 18.8. The summed E-state index contributed by atoms with van der Waals surface area (Å²) in [6, 6.07) is 26.0. The van der Waals surface area contributed by atoms with Gasteiger partial charge in [0.1, 0.15) is 11.5 Å². The third kappa shape index (κ3) is 6.65. The molecule has 4 aromatic carbocycles. The molecule has 0 aliphatic carbocycles. The Labute approximate surface area is 229 Å². The maximum absolute atomic E-state index is 13.7. The van der Waals surface area contributed by atoms with Gasteiger partial charge in [0, 0.05) is 18.7 Å². The number of rotatable bonds is 10. The van der Waals surface area contributed by atoms with E-state index in [0.717, 1.165) is 29.7 Å². The summed E-state index contributed by atoms with van der Waals surface area (Å²) < 4.78 is 5.24. The first-order valence-electron chi connectivity index (χ1n) is 12.9. The van der Waals surface area contributed by atoms with Gasteiger partial charge in [0.2, 0.25) is 0 Å². The second-order valence-electron chi connectivity index (χ2n) is 9.68. The minimum atomic E-state index is -0.970. The molecule has 1 amide bonds. The van der Waals surface area contributed by atoms with E-state index in [1.807, 2.05) is 59.5 Å². The van der Waals surface area contributed by atoms with E-state index in [2.05, 4.69) is 0 Å². The van der Waals surface area contributed by atoms with Crippen LogP contribution >= 0.6 is 0 Å². The summed E-state index contributed by atoms with van der Waals surface area (Å²) in [5.74, 6) is -0.0584. The van der Waals surface area contributed by atoms with E-state index in [1.165, 1.54) is 5.56 Å². The van der Waals surface area contributed by atoms with Gasteiger partial charge >= 0.3 is 5.97 Å². The van der Waals surface area contributed by atoms with E-state index in [1.54, 1.807) is 51.3 Å². The molecule has 0 heterocycles. The number of ether oxygens (including phenoxy) is 1. The number of carboxylic acid groups (broad SMARTS) is 1. The minimum absolute atomic E-state index is 0.101. The molecule has 0 aromatic heterocycles. The standard InChI is InChI=1S/C33H33NO5/c1-22-19-27(20-23(2)31(22)35)32(36)34(18-6-7-24-12-16-28(39-3)17-13-24)21-25-10-14-26(15-11-25)29-8-4-5-9-30(29)33(37)38/h4-5,8-17,19-20,35H,6-7,18,21H2,1-3H3,(H,37,38). The van der Waals surface area contributed by atoms with Gasteiger partial charge < -0.3 is 19.8 Å². The molecule has 200 valence electrons. The molecule has 4 rings (SSSR count). The van der Waals surface area contributed by atoms with Gasteiger partial charge in [-0.2, -0.15) is 0 Å². The number of hydrogen-bond donors (Lipinski definition) is 2. The Morgan fingerprint density at radius 2 is 1.46 bits per heavy atom. The van der Waals surface area contributed by atoms with Gasteiger partial charge in [0.25, 0.3) is 5.91 Å². The zero-order chi connectivity index (χ0) is 27.9. The second kappa shape index (κ2) is 12.3. The van der Waals surface area contributed by atoms with Crippen molar-refractivity contribution in [3.8, 4) is 22.6 Å². The number of phenols is 1. The summed E-state index contributed by atoms with van der Waals surface area (Å²) >= 11 is 0. The number of amides is 1. The van der Waals surface area contributed by atoms with Crippen LogP contribution < -0.4 is 4.74 Å². The quantitative estimate of drug-likeness (QED) is 0.243. The molecule has 0 unspecified atom stereocenters. The van der Waals surface area contributed by atoms with Gasteiger partial charge in [-0.1, -0.05) is 54.6 Å². The Kier molecular flexibility index (Phi) is 8.67. The minimum Gasteiger partial charge on any atom is -0.507 e. The van der Waals surface area contributed by atoms with Crippen LogP contribution in [-0.2, 0) is 13.0 Å². The Morgan fingerprint density at radius 1 is 0.846 bits per heavy atom. The van der Waals surface area contributed by atoms with Gasteiger partial charge in [-0.3, -0.25) is 4.79 Å². The van der Waals surface area contributed by atoms with Crippen molar-refractivity contribution in [2.45, 2.75) is 33.2 Å². The normalized spacial score (nSPS) is 10.7. The fraction of sp³-hybridized carbons (Fsp3) is 0.212. The lowest BCUT2D eigenvalue weighted by Gasteiger charge is -2.24. The number of phenolic OH excluding ortho intramolecular Hbond substituents is 1. The van der Waals surface area contributed by atoms with E-state index in [4.69, 9.17) is 4.74 Å². The number of carbonyl (C=O) groups is 2. The van der Waals surface area contributed by atoms with Crippen LogP contribution in [0.2, 0.25) is 0 Å². The summed E-state index contributed by atoms with van der Waals surface area (Å²) in [4.78, 5) is 27.1. The van der Waals surface area contributed by atoms with Crippen molar-refractivity contribution in [1.82, 2.24) is 4.90 Å². The molecule has 0 saturated heterocycles. The molecular formula is C33H33NO5. The molecule has 0 atom stereocenters. The third-order valence-corrected chi connectivity index (χ3v) is 6.87. The number of methoxy groups -OCH3 is 1. The Morgan fingerprint density at radius 3 is 2.08 bits per heavy atom. The van der Waals surface area contributed by atoms with Crippen molar-refractivity contribution < 1.29 is 24.5 Å². The smallest absolute Gasteiger partial charge is 0.336 e. The SMILES string of the molecule is COc1ccc(CCCN(Cc2ccc(-c3ccccc3C(=O)O)cc2)C(=O)c2cc(C)c(O)c(C)c2)cc1. The number of benzene rings is 4. The Balaban J connectivity index is 1.55. The molecule has 0 aliphatic heterocycles. The average molecular weight is 524 g/mol. The number of carboxylic acids is 1. The summed E-state index contributed by atoms with van der Waals surface area (Å²) in [7, 11) is 1.64. The van der Waals surface area contributed by atoms with Gasteiger partial charge in [0.05, 0.1) is 12.7 Å². The lowest BCUT2D eigenvalue weighted by Crippen LogP contribution is -2.32. The molecule has 0 saturated carbocycles. The molecular weight excluding hydrogens is 490 g/mol. The highest BCUT2D eigenvalue weighted by molar-refractivity contribution is 5.96. The summed E-state index contributed by atoms with van der Waals surface area (Å²) in [6.45, 7) is 4.54. The summed E-state index contributed by atoms with van der Waals surface area (Å²) in [6.07, 6.45) is 1.59. The molecule has 2 N–H and O–H groups in total. The molecule has 0 bridgehead atoms. The molecule has 0 radical (unpaired) electrons. The Bertz CT molecular complexity index is 1440. The highest BCUT2D eigenvalue weighted by atomic mass is 16.5. The van der Waals surface area contributed by atoms with Gasteiger partial charge in [-0.05, 0) is 90.4 Å². The third-order valence-electron chi connectivity index (χ3n) is 6.87. The number of aromatic hydroxyl groups is 1.